The van der Waals surface area contributed by atoms with Gasteiger partial charge in [0.25, 0.3) is 0 Å². The van der Waals surface area contributed by atoms with Crippen molar-refractivity contribution in [1.82, 2.24) is 9.80 Å². The van der Waals surface area contributed by atoms with Gasteiger partial charge in [-0.15, -0.1) is 0 Å². The maximum atomic E-state index is 12.4. The van der Waals surface area contributed by atoms with E-state index in [0.717, 1.165) is 37.9 Å². The van der Waals surface area contributed by atoms with E-state index < -0.39 is 11.4 Å². The maximum Gasteiger partial charge on any atom is 0.310 e. The Morgan fingerprint density at radius 1 is 1.43 bits per heavy atom. The number of likely N-dealkylation sites (N-methyl/N-ethyl adjacent to an activating group) is 1. The Kier molecular flexibility index (Phi) is 5.04. The van der Waals surface area contributed by atoms with E-state index in [4.69, 9.17) is 0 Å². The highest BCUT2D eigenvalue weighted by Gasteiger charge is 2.41. The molecule has 2 rings (SSSR count). The van der Waals surface area contributed by atoms with Crippen LogP contribution in [0.15, 0.2) is 11.8 Å². The number of aliphatic carboxylic acids is 1. The van der Waals surface area contributed by atoms with Crippen molar-refractivity contribution in [2.24, 2.45) is 5.41 Å². The zero-order valence-electron chi connectivity index (χ0n) is 13.1. The quantitative estimate of drug-likeness (QED) is 0.843. The molecular weight excluding hydrogens is 268 g/mol. The second-order valence-corrected chi connectivity index (χ2v) is 6.29. The Hall–Kier alpha value is -1.36. The molecule has 1 unspecified atom stereocenters. The van der Waals surface area contributed by atoms with Crippen molar-refractivity contribution in [3.8, 4) is 0 Å². The highest BCUT2D eigenvalue weighted by molar-refractivity contribution is 5.80. The first-order valence-electron chi connectivity index (χ1n) is 7.90. The number of rotatable bonds is 5. The summed E-state index contributed by atoms with van der Waals surface area (Å²) in [5.41, 5.74) is 0.431. The Bertz CT molecular complexity index is 447. The minimum absolute atomic E-state index is 0.0699. The van der Waals surface area contributed by atoms with E-state index in [0.29, 0.717) is 25.9 Å². The highest BCUT2D eigenvalue weighted by Crippen LogP contribution is 2.33. The van der Waals surface area contributed by atoms with Crippen LogP contribution < -0.4 is 0 Å². The number of amides is 1. The van der Waals surface area contributed by atoms with Crippen molar-refractivity contribution in [3.05, 3.63) is 11.8 Å². The largest absolute Gasteiger partial charge is 0.481 e. The van der Waals surface area contributed by atoms with Crippen LogP contribution in [0.3, 0.4) is 0 Å². The van der Waals surface area contributed by atoms with Gasteiger partial charge in [-0.2, -0.15) is 0 Å². The fraction of sp³-hybridized carbons (Fsp3) is 0.750. The lowest BCUT2D eigenvalue weighted by molar-refractivity contribution is -0.154. The summed E-state index contributed by atoms with van der Waals surface area (Å²) >= 11 is 0. The molecule has 0 radical (unpaired) electrons. The summed E-state index contributed by atoms with van der Waals surface area (Å²) in [5, 5.41) is 9.49. The molecule has 0 bridgehead atoms. The van der Waals surface area contributed by atoms with Crippen molar-refractivity contribution >= 4 is 11.9 Å². The third-order valence-corrected chi connectivity index (χ3v) is 4.97. The molecule has 0 aromatic rings. The number of piperidine rings is 1. The van der Waals surface area contributed by atoms with Crippen molar-refractivity contribution in [3.63, 3.8) is 0 Å². The van der Waals surface area contributed by atoms with Crippen LogP contribution in [0.5, 0.6) is 0 Å². The van der Waals surface area contributed by atoms with Crippen molar-refractivity contribution < 1.29 is 14.7 Å². The highest BCUT2D eigenvalue weighted by atomic mass is 16.4. The first-order chi connectivity index (χ1) is 9.98. The van der Waals surface area contributed by atoms with Crippen molar-refractivity contribution in [1.29, 1.82) is 0 Å². The zero-order valence-corrected chi connectivity index (χ0v) is 13.1. The SMILES string of the molecule is CCC1(C(=O)O)CCCN(CC(=O)N(C)C2=CCCC2)C1. The van der Waals surface area contributed by atoms with E-state index in [1.807, 2.05) is 18.9 Å². The average molecular weight is 294 g/mol. The van der Waals surface area contributed by atoms with Crippen LogP contribution in [0.2, 0.25) is 0 Å². The monoisotopic (exact) mass is 294 g/mol. The van der Waals surface area contributed by atoms with Crippen LogP contribution in [-0.2, 0) is 9.59 Å². The fourth-order valence-corrected chi connectivity index (χ4v) is 3.39. The second kappa shape index (κ2) is 6.60. The number of carboxylic acid groups (broad SMARTS) is 1. The topological polar surface area (TPSA) is 60.9 Å². The molecule has 1 atom stereocenters. The summed E-state index contributed by atoms with van der Waals surface area (Å²) in [5.74, 6) is -0.658. The van der Waals surface area contributed by atoms with Gasteiger partial charge in [0.1, 0.15) is 0 Å². The molecule has 0 saturated carbocycles. The van der Waals surface area contributed by atoms with Gasteiger partial charge in [0, 0.05) is 19.3 Å². The molecule has 1 saturated heterocycles. The number of hydrogen-bond donors (Lipinski definition) is 1. The molecule has 118 valence electrons. The number of allylic oxidation sites excluding steroid dienone is 2. The minimum atomic E-state index is -0.728. The molecule has 5 heteroatoms. The van der Waals surface area contributed by atoms with Gasteiger partial charge in [-0.05, 0) is 45.1 Å². The van der Waals surface area contributed by atoms with Crippen LogP contribution >= 0.6 is 0 Å². The van der Waals surface area contributed by atoms with Gasteiger partial charge < -0.3 is 10.0 Å². The minimum Gasteiger partial charge on any atom is -0.481 e. The molecule has 0 spiro atoms. The number of carbonyl (C=O) groups excluding carboxylic acids is 1. The number of carboxylic acids is 1. The van der Waals surface area contributed by atoms with E-state index >= 15 is 0 Å². The van der Waals surface area contributed by atoms with E-state index in [9.17, 15) is 14.7 Å². The average Bonchev–Trinajstić information content (AvgIpc) is 3.00. The van der Waals surface area contributed by atoms with Crippen LogP contribution in [0.4, 0.5) is 0 Å². The van der Waals surface area contributed by atoms with E-state index in [1.165, 1.54) is 0 Å². The van der Waals surface area contributed by atoms with Gasteiger partial charge in [-0.3, -0.25) is 14.5 Å². The van der Waals surface area contributed by atoms with Crippen molar-refractivity contribution in [2.45, 2.75) is 45.4 Å². The lowest BCUT2D eigenvalue weighted by Crippen LogP contribution is -2.50. The molecule has 1 amide bonds. The number of nitrogens with zero attached hydrogens (tertiary/aromatic N) is 2. The Morgan fingerprint density at radius 2 is 2.19 bits per heavy atom. The first kappa shape index (κ1) is 16.0. The van der Waals surface area contributed by atoms with Crippen LogP contribution in [0.25, 0.3) is 0 Å². The zero-order chi connectivity index (χ0) is 15.5. The van der Waals surface area contributed by atoms with Crippen LogP contribution in [0, 0.1) is 5.41 Å². The van der Waals surface area contributed by atoms with E-state index in [-0.39, 0.29) is 5.91 Å². The lowest BCUT2D eigenvalue weighted by atomic mass is 9.77. The predicted molar refractivity (Wildman–Crippen MR) is 80.7 cm³/mol. The molecule has 2 aliphatic rings. The third kappa shape index (κ3) is 3.46. The molecule has 1 aliphatic carbocycles. The summed E-state index contributed by atoms with van der Waals surface area (Å²) in [6, 6.07) is 0. The summed E-state index contributed by atoms with van der Waals surface area (Å²) in [6.45, 7) is 3.54. The van der Waals surface area contributed by atoms with E-state index in [2.05, 4.69) is 6.08 Å². The van der Waals surface area contributed by atoms with Gasteiger partial charge in [-0.1, -0.05) is 13.0 Å². The van der Waals surface area contributed by atoms with Gasteiger partial charge in [-0.25, -0.2) is 0 Å². The molecule has 21 heavy (non-hydrogen) atoms. The van der Waals surface area contributed by atoms with Crippen LogP contribution in [-0.4, -0.2) is 53.5 Å². The second-order valence-electron chi connectivity index (χ2n) is 6.29. The summed E-state index contributed by atoms with van der Waals surface area (Å²) in [4.78, 5) is 27.7. The maximum absolute atomic E-state index is 12.4. The van der Waals surface area contributed by atoms with E-state index in [1.54, 1.807) is 4.90 Å². The molecule has 0 aromatic heterocycles. The number of carbonyl (C=O) groups is 2. The molecule has 1 heterocycles. The molecule has 1 N–H and O–H groups in total. The Morgan fingerprint density at radius 3 is 2.76 bits per heavy atom. The van der Waals surface area contributed by atoms with Gasteiger partial charge in [0.05, 0.1) is 12.0 Å². The molecule has 0 aromatic carbocycles. The van der Waals surface area contributed by atoms with Crippen LogP contribution in [0.1, 0.15) is 45.4 Å². The van der Waals surface area contributed by atoms with Gasteiger partial charge in [0.2, 0.25) is 5.91 Å². The fourth-order valence-electron chi connectivity index (χ4n) is 3.39. The molecule has 1 fully saturated rings. The van der Waals surface area contributed by atoms with Crippen molar-refractivity contribution in [2.75, 3.05) is 26.7 Å². The molecular formula is C16H26N2O3. The predicted octanol–water partition coefficient (Wildman–Crippen LogP) is 2.09. The number of hydrogen-bond acceptors (Lipinski definition) is 3. The summed E-state index contributed by atoms with van der Waals surface area (Å²) in [7, 11) is 1.83. The lowest BCUT2D eigenvalue weighted by Gasteiger charge is -2.39. The van der Waals surface area contributed by atoms with Gasteiger partial charge in [0.15, 0.2) is 0 Å². The number of likely N-dealkylation sites (tertiary alicyclic amines) is 1. The third-order valence-electron chi connectivity index (χ3n) is 4.97. The summed E-state index contributed by atoms with van der Waals surface area (Å²) in [6.07, 6.45) is 7.44. The summed E-state index contributed by atoms with van der Waals surface area (Å²) < 4.78 is 0. The Labute approximate surface area is 126 Å². The standard InChI is InChI=1S/C16H26N2O3/c1-3-16(15(20)21)9-6-10-18(12-16)11-14(19)17(2)13-7-4-5-8-13/h7H,3-6,8-12H2,1-2H3,(H,20,21). The molecule has 1 aliphatic heterocycles. The first-order valence-corrected chi connectivity index (χ1v) is 7.90. The smallest absolute Gasteiger partial charge is 0.310 e. The Balaban J connectivity index is 1.96. The normalized spacial score (nSPS) is 26.5. The molecule has 5 nitrogen and oxygen atoms in total. The van der Waals surface area contributed by atoms with Gasteiger partial charge >= 0.3 is 5.97 Å².